The molecule has 0 radical (unpaired) electrons. The molecular formula is C23H42IN5O. The molecule has 1 aromatic rings. The number of guanidine groups is 1. The van der Waals surface area contributed by atoms with E-state index in [1.165, 1.54) is 37.9 Å². The summed E-state index contributed by atoms with van der Waals surface area (Å²) in [5.74, 6) is 1.89. The van der Waals surface area contributed by atoms with Gasteiger partial charge in [-0.2, -0.15) is 0 Å². The van der Waals surface area contributed by atoms with E-state index in [0.29, 0.717) is 6.04 Å². The van der Waals surface area contributed by atoms with Crippen molar-refractivity contribution in [3.8, 4) is 5.75 Å². The second kappa shape index (κ2) is 15.6. The maximum absolute atomic E-state index is 5.52. The molecule has 2 rings (SSSR count). The predicted octanol–water partition coefficient (Wildman–Crippen LogP) is 3.96. The maximum Gasteiger partial charge on any atom is 0.191 e. The Hall–Kier alpha value is -1.22. The van der Waals surface area contributed by atoms with E-state index in [2.05, 4.69) is 53.6 Å². The third kappa shape index (κ3) is 9.73. The van der Waals surface area contributed by atoms with E-state index < -0.39 is 0 Å². The first-order valence-electron chi connectivity index (χ1n) is 11.2. The number of halogens is 1. The molecule has 1 aromatic carbocycles. The van der Waals surface area contributed by atoms with Crippen molar-refractivity contribution < 1.29 is 4.74 Å². The third-order valence-corrected chi connectivity index (χ3v) is 5.33. The van der Waals surface area contributed by atoms with Crippen LogP contribution in [0.15, 0.2) is 29.3 Å². The second-order valence-corrected chi connectivity index (χ2v) is 8.08. The van der Waals surface area contributed by atoms with Gasteiger partial charge in [0.2, 0.25) is 0 Å². The Morgan fingerprint density at radius 1 is 1.17 bits per heavy atom. The van der Waals surface area contributed by atoms with Crippen molar-refractivity contribution in [2.75, 3.05) is 58.8 Å². The van der Waals surface area contributed by atoms with Crippen LogP contribution >= 0.6 is 24.0 Å². The molecule has 0 saturated carbocycles. The molecule has 30 heavy (non-hydrogen) atoms. The van der Waals surface area contributed by atoms with E-state index in [4.69, 9.17) is 9.73 Å². The number of hydrogen-bond donors (Lipinski definition) is 2. The predicted molar refractivity (Wildman–Crippen MR) is 140 cm³/mol. The van der Waals surface area contributed by atoms with Gasteiger partial charge in [0.15, 0.2) is 5.96 Å². The largest absolute Gasteiger partial charge is 0.495 e. The molecule has 7 heteroatoms. The topological polar surface area (TPSA) is 52.1 Å². The molecule has 1 unspecified atom stereocenters. The summed E-state index contributed by atoms with van der Waals surface area (Å²) < 4.78 is 5.52. The number of ether oxygens (including phenoxy) is 1. The molecule has 1 aliphatic heterocycles. The SMILES string of the molecule is CCNC(=NCCCCCCCN(C)C)NC1CCN(c2ccccc2OC)C1.I. The molecule has 6 nitrogen and oxygen atoms in total. The fourth-order valence-electron chi connectivity index (χ4n) is 3.76. The Balaban J connectivity index is 0.00000450. The molecule has 2 N–H and O–H groups in total. The molecule has 1 aliphatic rings. The summed E-state index contributed by atoms with van der Waals surface area (Å²) in [6.07, 6.45) is 7.46. The minimum atomic E-state index is 0. The van der Waals surface area contributed by atoms with Gasteiger partial charge in [0.25, 0.3) is 0 Å². The number of nitrogens with zero attached hydrogens (tertiary/aromatic N) is 3. The molecule has 0 amide bonds. The van der Waals surface area contributed by atoms with Gasteiger partial charge in [-0.3, -0.25) is 4.99 Å². The smallest absolute Gasteiger partial charge is 0.191 e. The second-order valence-electron chi connectivity index (χ2n) is 8.08. The summed E-state index contributed by atoms with van der Waals surface area (Å²) in [4.78, 5) is 9.45. The van der Waals surface area contributed by atoms with Crippen LogP contribution in [0.4, 0.5) is 5.69 Å². The number of nitrogens with one attached hydrogen (secondary N) is 2. The fraction of sp³-hybridized carbons (Fsp3) is 0.696. The molecule has 1 heterocycles. The molecule has 1 atom stereocenters. The Morgan fingerprint density at radius 2 is 1.90 bits per heavy atom. The fourth-order valence-corrected chi connectivity index (χ4v) is 3.76. The first-order valence-corrected chi connectivity index (χ1v) is 11.2. The summed E-state index contributed by atoms with van der Waals surface area (Å²) in [6.45, 7) is 7.10. The number of benzene rings is 1. The summed E-state index contributed by atoms with van der Waals surface area (Å²) in [5, 5.41) is 7.03. The number of anilines is 1. The minimum Gasteiger partial charge on any atom is -0.495 e. The molecule has 0 aromatic heterocycles. The zero-order valence-electron chi connectivity index (χ0n) is 19.3. The Morgan fingerprint density at radius 3 is 2.63 bits per heavy atom. The van der Waals surface area contributed by atoms with Crippen LogP contribution in [0.3, 0.4) is 0 Å². The molecule has 0 bridgehead atoms. The van der Waals surface area contributed by atoms with Crippen molar-refractivity contribution in [2.24, 2.45) is 4.99 Å². The maximum atomic E-state index is 5.52. The van der Waals surface area contributed by atoms with Gasteiger partial charge in [0, 0.05) is 32.2 Å². The third-order valence-electron chi connectivity index (χ3n) is 5.33. The first kappa shape index (κ1) is 26.8. The monoisotopic (exact) mass is 531 g/mol. The lowest BCUT2D eigenvalue weighted by Crippen LogP contribution is -2.44. The zero-order chi connectivity index (χ0) is 20.9. The van der Waals surface area contributed by atoms with Crippen LogP contribution in [0.1, 0.15) is 45.4 Å². The number of rotatable bonds is 12. The Kier molecular flexibility index (Phi) is 13.9. The standard InChI is InChI=1S/C23H41N5O.HI/c1-5-24-23(25-16-11-7-6-8-12-17-27(2)3)26-20-15-18-28(19-20)21-13-9-10-14-22(21)29-4;/h9-10,13-14,20H,5-8,11-12,15-19H2,1-4H3,(H2,24,25,26);1H. The first-order chi connectivity index (χ1) is 14.1. The molecule has 1 saturated heterocycles. The lowest BCUT2D eigenvalue weighted by Gasteiger charge is -2.22. The highest BCUT2D eigenvalue weighted by molar-refractivity contribution is 14.0. The summed E-state index contributed by atoms with van der Waals surface area (Å²) >= 11 is 0. The summed E-state index contributed by atoms with van der Waals surface area (Å²) in [6, 6.07) is 8.67. The normalized spacial score (nSPS) is 16.5. The Bertz CT molecular complexity index is 611. The van der Waals surface area contributed by atoms with Crippen molar-refractivity contribution in [3.05, 3.63) is 24.3 Å². The average molecular weight is 532 g/mol. The van der Waals surface area contributed by atoms with Gasteiger partial charge in [0.05, 0.1) is 12.8 Å². The lowest BCUT2D eigenvalue weighted by atomic mass is 10.1. The molecule has 172 valence electrons. The van der Waals surface area contributed by atoms with E-state index in [0.717, 1.165) is 50.7 Å². The Labute approximate surface area is 200 Å². The highest BCUT2D eigenvalue weighted by atomic mass is 127. The van der Waals surface area contributed by atoms with Crippen molar-refractivity contribution >= 4 is 35.6 Å². The summed E-state index contributed by atoms with van der Waals surface area (Å²) in [7, 11) is 6.02. The van der Waals surface area contributed by atoms with Crippen LogP contribution in [-0.2, 0) is 0 Å². The number of aliphatic imine (C=N–C) groups is 1. The average Bonchev–Trinajstić information content (AvgIpc) is 3.18. The van der Waals surface area contributed by atoms with E-state index in [1.807, 2.05) is 12.1 Å². The van der Waals surface area contributed by atoms with E-state index in [1.54, 1.807) is 7.11 Å². The van der Waals surface area contributed by atoms with Crippen molar-refractivity contribution in [1.29, 1.82) is 0 Å². The van der Waals surface area contributed by atoms with Crippen LogP contribution in [0.25, 0.3) is 0 Å². The van der Waals surface area contributed by atoms with Gasteiger partial charge in [-0.05, 0) is 59.0 Å². The number of para-hydroxylation sites is 2. The molecule has 0 spiro atoms. The van der Waals surface area contributed by atoms with Crippen LogP contribution in [0.2, 0.25) is 0 Å². The van der Waals surface area contributed by atoms with Gasteiger partial charge < -0.3 is 25.2 Å². The van der Waals surface area contributed by atoms with Gasteiger partial charge in [0.1, 0.15) is 5.75 Å². The van der Waals surface area contributed by atoms with Gasteiger partial charge in [-0.25, -0.2) is 0 Å². The van der Waals surface area contributed by atoms with Crippen LogP contribution in [0.5, 0.6) is 5.75 Å². The van der Waals surface area contributed by atoms with E-state index in [-0.39, 0.29) is 24.0 Å². The van der Waals surface area contributed by atoms with Crippen LogP contribution < -0.4 is 20.3 Å². The summed E-state index contributed by atoms with van der Waals surface area (Å²) in [5.41, 5.74) is 1.18. The van der Waals surface area contributed by atoms with Crippen molar-refractivity contribution in [2.45, 2.75) is 51.5 Å². The highest BCUT2D eigenvalue weighted by Gasteiger charge is 2.25. The quantitative estimate of drug-likeness (QED) is 0.185. The van der Waals surface area contributed by atoms with Crippen LogP contribution in [0, 0.1) is 0 Å². The van der Waals surface area contributed by atoms with Crippen molar-refractivity contribution in [1.82, 2.24) is 15.5 Å². The zero-order valence-corrected chi connectivity index (χ0v) is 21.7. The van der Waals surface area contributed by atoms with Gasteiger partial charge in [-0.15, -0.1) is 24.0 Å². The van der Waals surface area contributed by atoms with E-state index in [9.17, 15) is 0 Å². The highest BCUT2D eigenvalue weighted by Crippen LogP contribution is 2.30. The number of hydrogen-bond acceptors (Lipinski definition) is 4. The van der Waals surface area contributed by atoms with Gasteiger partial charge >= 0.3 is 0 Å². The van der Waals surface area contributed by atoms with Crippen LogP contribution in [-0.4, -0.2) is 70.8 Å². The van der Waals surface area contributed by atoms with Crippen molar-refractivity contribution in [3.63, 3.8) is 0 Å². The number of methoxy groups -OCH3 is 1. The minimum absolute atomic E-state index is 0. The molecule has 1 fully saturated rings. The lowest BCUT2D eigenvalue weighted by molar-refractivity contribution is 0.390. The molecular weight excluding hydrogens is 489 g/mol. The molecule has 0 aliphatic carbocycles. The van der Waals surface area contributed by atoms with Gasteiger partial charge in [-0.1, -0.05) is 31.4 Å². The van der Waals surface area contributed by atoms with E-state index >= 15 is 0 Å². The number of unbranched alkanes of at least 4 members (excludes halogenated alkanes) is 4.